The number of phenols is 2. The van der Waals surface area contributed by atoms with Crippen LogP contribution in [0.1, 0.15) is 18.9 Å². The Balaban J connectivity index is 2.26. The highest BCUT2D eigenvalue weighted by Gasteiger charge is 2.10. The largest absolute Gasteiger partial charge is 0.504 e. The van der Waals surface area contributed by atoms with Gasteiger partial charge >= 0.3 is 6.09 Å². The van der Waals surface area contributed by atoms with Gasteiger partial charge in [-0.25, -0.2) is 4.79 Å². The first-order valence-electron chi connectivity index (χ1n) is 6.60. The average Bonchev–Trinajstić information content (AvgIpc) is 2.42. The number of nitrogens with one attached hydrogen (secondary N) is 1. The summed E-state index contributed by atoms with van der Waals surface area (Å²) in [5, 5.41) is 30.1. The summed E-state index contributed by atoms with van der Waals surface area (Å²) in [6, 6.07) is 4.15. The van der Waals surface area contributed by atoms with Gasteiger partial charge in [-0.2, -0.15) is 0 Å². The minimum absolute atomic E-state index is 0.00634. The first-order chi connectivity index (χ1) is 10.4. The molecule has 122 valence electrons. The number of benzene rings is 1. The first kappa shape index (κ1) is 17.3. The zero-order valence-electron chi connectivity index (χ0n) is 12.0. The quantitative estimate of drug-likeness (QED) is 0.285. The molecule has 0 spiro atoms. The Morgan fingerprint density at radius 1 is 1.36 bits per heavy atom. The van der Waals surface area contributed by atoms with Crippen molar-refractivity contribution in [3.63, 3.8) is 0 Å². The van der Waals surface area contributed by atoms with Gasteiger partial charge in [0.25, 0.3) is 5.09 Å². The molecule has 0 aliphatic carbocycles. The number of rotatable bonds is 8. The molecule has 1 atom stereocenters. The molecule has 1 rings (SSSR count). The van der Waals surface area contributed by atoms with Crippen LogP contribution in [0.15, 0.2) is 18.2 Å². The lowest BCUT2D eigenvalue weighted by molar-refractivity contribution is -0.757. The fourth-order valence-corrected chi connectivity index (χ4v) is 1.71. The van der Waals surface area contributed by atoms with Gasteiger partial charge in [-0.3, -0.25) is 0 Å². The highest BCUT2D eigenvalue weighted by molar-refractivity contribution is 5.67. The topological polar surface area (TPSA) is 131 Å². The highest BCUT2D eigenvalue weighted by Crippen LogP contribution is 2.25. The van der Waals surface area contributed by atoms with E-state index >= 15 is 0 Å². The number of phenolic OH excluding ortho intramolecular Hbond substituents is 2. The van der Waals surface area contributed by atoms with E-state index in [2.05, 4.69) is 10.2 Å². The Kier molecular flexibility index (Phi) is 6.74. The van der Waals surface area contributed by atoms with Crippen molar-refractivity contribution in [2.24, 2.45) is 0 Å². The van der Waals surface area contributed by atoms with E-state index in [1.165, 1.54) is 12.1 Å². The standard InChI is InChI=1S/C13H18N2O7/c1-9(7-10-3-4-11(16)12(17)8-10)14-13(18)21-5-2-6-22-15(19)20/h3-4,8-9,16-17H,2,5-7H2,1H3,(H,14,18). The maximum atomic E-state index is 11.5. The molecule has 9 heteroatoms. The van der Waals surface area contributed by atoms with Gasteiger partial charge in [0.2, 0.25) is 0 Å². The Hall–Kier alpha value is -2.71. The summed E-state index contributed by atoms with van der Waals surface area (Å²) in [6.45, 7) is 1.62. The lowest BCUT2D eigenvalue weighted by Gasteiger charge is -2.14. The number of alkyl carbamates (subject to hydrolysis) is 1. The first-order valence-corrected chi connectivity index (χ1v) is 6.60. The van der Waals surface area contributed by atoms with E-state index < -0.39 is 11.2 Å². The van der Waals surface area contributed by atoms with E-state index in [0.29, 0.717) is 6.42 Å². The third-order valence-corrected chi connectivity index (χ3v) is 2.66. The monoisotopic (exact) mass is 314 g/mol. The minimum atomic E-state index is -0.908. The molecule has 0 saturated carbocycles. The molecule has 3 N–H and O–H groups in total. The van der Waals surface area contributed by atoms with Crippen LogP contribution in [0.2, 0.25) is 0 Å². The lowest BCUT2D eigenvalue weighted by Crippen LogP contribution is -2.34. The molecule has 9 nitrogen and oxygen atoms in total. The van der Waals surface area contributed by atoms with Crippen molar-refractivity contribution in [3.05, 3.63) is 33.9 Å². The Labute approximate surface area is 126 Å². The van der Waals surface area contributed by atoms with Crippen LogP contribution in [0.5, 0.6) is 11.5 Å². The van der Waals surface area contributed by atoms with Crippen molar-refractivity contribution in [1.82, 2.24) is 5.32 Å². The summed E-state index contributed by atoms with van der Waals surface area (Å²) < 4.78 is 4.83. The van der Waals surface area contributed by atoms with Gasteiger partial charge in [0, 0.05) is 12.5 Å². The van der Waals surface area contributed by atoms with Gasteiger partial charge in [-0.05, 0) is 31.0 Å². The van der Waals surface area contributed by atoms with Crippen LogP contribution in [0.4, 0.5) is 4.79 Å². The maximum Gasteiger partial charge on any atom is 0.407 e. The molecule has 0 heterocycles. The fraction of sp³-hybridized carbons (Fsp3) is 0.462. The van der Waals surface area contributed by atoms with Crippen molar-refractivity contribution in [2.75, 3.05) is 13.2 Å². The zero-order valence-corrected chi connectivity index (χ0v) is 12.0. The van der Waals surface area contributed by atoms with Crippen LogP contribution >= 0.6 is 0 Å². The Morgan fingerprint density at radius 2 is 2.09 bits per heavy atom. The summed E-state index contributed by atoms with van der Waals surface area (Å²) >= 11 is 0. The second-order valence-electron chi connectivity index (χ2n) is 4.62. The molecule has 0 aliphatic heterocycles. The van der Waals surface area contributed by atoms with E-state index in [9.17, 15) is 25.1 Å². The van der Waals surface area contributed by atoms with Crippen molar-refractivity contribution in [1.29, 1.82) is 0 Å². The number of ether oxygens (including phenoxy) is 1. The minimum Gasteiger partial charge on any atom is -0.504 e. The predicted octanol–water partition coefficient (Wildman–Crippen LogP) is 1.35. The molecule has 0 saturated heterocycles. The third-order valence-electron chi connectivity index (χ3n) is 2.66. The number of aromatic hydroxyl groups is 2. The van der Waals surface area contributed by atoms with Crippen LogP contribution in [0, 0.1) is 10.1 Å². The molecule has 0 bridgehead atoms. The zero-order chi connectivity index (χ0) is 16.5. The van der Waals surface area contributed by atoms with Gasteiger partial charge in [0.05, 0.1) is 13.2 Å². The fourth-order valence-electron chi connectivity index (χ4n) is 1.71. The number of hydrogen-bond donors (Lipinski definition) is 3. The van der Waals surface area contributed by atoms with E-state index in [1.807, 2.05) is 0 Å². The molecule has 0 aromatic heterocycles. The molecule has 0 aliphatic rings. The Morgan fingerprint density at radius 3 is 2.73 bits per heavy atom. The second-order valence-corrected chi connectivity index (χ2v) is 4.62. The molecule has 22 heavy (non-hydrogen) atoms. The van der Waals surface area contributed by atoms with Crippen LogP contribution in [-0.2, 0) is 16.0 Å². The molecular formula is C13H18N2O7. The molecule has 1 aromatic rings. The Bertz CT molecular complexity index is 521. The van der Waals surface area contributed by atoms with Gasteiger partial charge in [0.1, 0.15) is 0 Å². The van der Waals surface area contributed by atoms with Gasteiger partial charge < -0.3 is 25.1 Å². The van der Waals surface area contributed by atoms with Crippen LogP contribution in [0.25, 0.3) is 0 Å². The predicted molar refractivity (Wildman–Crippen MR) is 75.0 cm³/mol. The average molecular weight is 314 g/mol. The third kappa shape index (κ3) is 6.64. The summed E-state index contributed by atoms with van der Waals surface area (Å²) in [5.74, 6) is -0.432. The molecule has 1 aromatic carbocycles. The lowest BCUT2D eigenvalue weighted by atomic mass is 10.1. The SMILES string of the molecule is CC(Cc1ccc(O)c(O)c1)NC(=O)OCCCO[N+](=O)[O-]. The second kappa shape index (κ2) is 8.55. The molecule has 1 amide bonds. The van der Waals surface area contributed by atoms with Crippen molar-refractivity contribution >= 4 is 6.09 Å². The normalized spacial score (nSPS) is 11.5. The van der Waals surface area contributed by atoms with Crippen LogP contribution in [-0.4, -0.2) is 40.6 Å². The molecule has 1 unspecified atom stereocenters. The van der Waals surface area contributed by atoms with Crippen LogP contribution < -0.4 is 5.32 Å². The number of amides is 1. The van der Waals surface area contributed by atoms with Crippen LogP contribution in [0.3, 0.4) is 0 Å². The van der Waals surface area contributed by atoms with Crippen molar-refractivity contribution in [2.45, 2.75) is 25.8 Å². The summed E-state index contributed by atoms with van der Waals surface area (Å²) in [4.78, 5) is 25.4. The van der Waals surface area contributed by atoms with E-state index in [4.69, 9.17) is 4.74 Å². The number of hydrogen-bond acceptors (Lipinski definition) is 7. The number of carbonyl (C=O) groups excluding carboxylic acids is 1. The number of nitrogens with zero attached hydrogens (tertiary/aromatic N) is 1. The smallest absolute Gasteiger partial charge is 0.407 e. The van der Waals surface area contributed by atoms with Crippen molar-refractivity contribution < 1.29 is 29.7 Å². The van der Waals surface area contributed by atoms with E-state index in [-0.39, 0.29) is 37.2 Å². The number of carbonyl (C=O) groups is 1. The maximum absolute atomic E-state index is 11.5. The van der Waals surface area contributed by atoms with E-state index in [0.717, 1.165) is 5.56 Å². The summed E-state index contributed by atoms with van der Waals surface area (Å²) in [5.41, 5.74) is 0.738. The van der Waals surface area contributed by atoms with E-state index in [1.54, 1.807) is 13.0 Å². The van der Waals surface area contributed by atoms with Gasteiger partial charge in [-0.1, -0.05) is 6.07 Å². The summed E-state index contributed by atoms with van der Waals surface area (Å²) in [7, 11) is 0. The molecular weight excluding hydrogens is 296 g/mol. The molecule has 0 radical (unpaired) electrons. The van der Waals surface area contributed by atoms with Crippen molar-refractivity contribution in [3.8, 4) is 11.5 Å². The summed E-state index contributed by atoms with van der Waals surface area (Å²) in [6.07, 6.45) is 0.0127. The highest BCUT2D eigenvalue weighted by atomic mass is 16.9. The molecule has 0 fully saturated rings. The van der Waals surface area contributed by atoms with Gasteiger partial charge in [0.15, 0.2) is 11.5 Å². The van der Waals surface area contributed by atoms with Gasteiger partial charge in [-0.15, -0.1) is 10.1 Å².